The van der Waals surface area contributed by atoms with Crippen molar-refractivity contribution in [3.05, 3.63) is 29.8 Å². The second-order valence-electron chi connectivity index (χ2n) is 4.12. The van der Waals surface area contributed by atoms with Crippen molar-refractivity contribution in [2.24, 2.45) is 0 Å². The summed E-state index contributed by atoms with van der Waals surface area (Å²) in [5.74, 6) is -9.09. The molecule has 1 rings (SSSR count). The number of alkyl halides is 5. The minimum absolute atomic E-state index is 0.0503. The zero-order valence-corrected chi connectivity index (χ0v) is 10.4. The van der Waals surface area contributed by atoms with E-state index in [1.165, 1.54) is 17.4 Å². The van der Waals surface area contributed by atoms with E-state index in [9.17, 15) is 31.5 Å². The number of hydrogen-bond acceptors (Lipinski definition) is 2. The predicted octanol–water partition coefficient (Wildman–Crippen LogP) is 2.84. The van der Waals surface area contributed by atoms with Gasteiger partial charge in [-0.25, -0.2) is 0 Å². The van der Waals surface area contributed by atoms with Gasteiger partial charge in [-0.05, 0) is 24.1 Å². The van der Waals surface area contributed by atoms with Crippen molar-refractivity contribution in [1.29, 1.82) is 0 Å². The summed E-state index contributed by atoms with van der Waals surface area (Å²) in [6, 6.07) is 5.01. The number of anilines is 1. The maximum Gasteiger partial charge on any atom is 0.463 e. The lowest BCUT2D eigenvalue weighted by molar-refractivity contribution is -0.267. The van der Waals surface area contributed by atoms with E-state index >= 15 is 0 Å². The Hall–Kier alpha value is -2.19. The minimum atomic E-state index is -5.99. The molecule has 116 valence electrons. The van der Waals surface area contributed by atoms with Crippen molar-refractivity contribution in [1.82, 2.24) is 0 Å². The Morgan fingerprint density at radius 3 is 2.29 bits per heavy atom. The molecule has 9 heteroatoms. The van der Waals surface area contributed by atoms with Crippen LogP contribution in [0.3, 0.4) is 0 Å². The average Bonchev–Trinajstić information content (AvgIpc) is 2.35. The molecule has 1 amide bonds. The Kier molecular flexibility index (Phi) is 4.87. The molecule has 0 bridgehead atoms. The fourth-order valence-electron chi connectivity index (χ4n) is 1.39. The fraction of sp³-hybridized carbons (Fsp3) is 0.333. The SMILES string of the molecule is O=C(O)CCc1cccc(NC(=O)C(F)(F)C(F)(F)F)c1. The fourth-order valence-corrected chi connectivity index (χ4v) is 1.39. The van der Waals surface area contributed by atoms with Gasteiger partial charge < -0.3 is 10.4 Å². The maximum absolute atomic E-state index is 12.7. The van der Waals surface area contributed by atoms with Gasteiger partial charge in [-0.2, -0.15) is 22.0 Å². The van der Waals surface area contributed by atoms with Gasteiger partial charge in [0.25, 0.3) is 0 Å². The summed E-state index contributed by atoms with van der Waals surface area (Å²) in [7, 11) is 0. The van der Waals surface area contributed by atoms with Crippen LogP contribution < -0.4 is 5.32 Å². The normalized spacial score (nSPS) is 12.0. The Labute approximate surface area is 115 Å². The Balaban J connectivity index is 2.82. The van der Waals surface area contributed by atoms with Crippen LogP contribution in [-0.2, 0) is 16.0 Å². The number of hydrogen-bond donors (Lipinski definition) is 2. The number of amides is 1. The first-order valence-corrected chi connectivity index (χ1v) is 5.61. The summed E-state index contributed by atoms with van der Waals surface area (Å²) < 4.78 is 61.5. The Bertz CT molecular complexity index is 542. The van der Waals surface area contributed by atoms with Crippen molar-refractivity contribution < 1.29 is 36.6 Å². The molecular formula is C12H10F5NO3. The quantitative estimate of drug-likeness (QED) is 0.822. The smallest absolute Gasteiger partial charge is 0.463 e. The van der Waals surface area contributed by atoms with E-state index in [2.05, 4.69) is 0 Å². The third-order valence-corrected chi connectivity index (χ3v) is 2.45. The first-order chi connectivity index (χ1) is 9.54. The van der Waals surface area contributed by atoms with E-state index < -0.39 is 24.0 Å². The second kappa shape index (κ2) is 6.06. The molecule has 0 aliphatic rings. The number of carboxylic acid groups (broad SMARTS) is 1. The van der Waals surface area contributed by atoms with Gasteiger partial charge in [0, 0.05) is 12.1 Å². The van der Waals surface area contributed by atoms with E-state index in [1.807, 2.05) is 0 Å². The van der Waals surface area contributed by atoms with Crippen LogP contribution in [0.15, 0.2) is 24.3 Å². The highest BCUT2D eigenvalue weighted by Crippen LogP contribution is 2.36. The van der Waals surface area contributed by atoms with Crippen LogP contribution >= 0.6 is 0 Å². The van der Waals surface area contributed by atoms with Gasteiger partial charge in [0.1, 0.15) is 0 Å². The zero-order chi connectivity index (χ0) is 16.3. The van der Waals surface area contributed by atoms with Gasteiger partial charge in [0.15, 0.2) is 0 Å². The molecule has 1 aromatic rings. The summed E-state index contributed by atoms with van der Waals surface area (Å²) in [4.78, 5) is 21.4. The first-order valence-electron chi connectivity index (χ1n) is 5.61. The summed E-state index contributed by atoms with van der Waals surface area (Å²) in [5.41, 5.74) is 0.109. The monoisotopic (exact) mass is 311 g/mol. The largest absolute Gasteiger partial charge is 0.481 e. The maximum atomic E-state index is 12.7. The van der Waals surface area contributed by atoms with Gasteiger partial charge in [0.05, 0.1) is 0 Å². The van der Waals surface area contributed by atoms with Crippen molar-refractivity contribution in [2.75, 3.05) is 5.32 Å². The van der Waals surface area contributed by atoms with Gasteiger partial charge in [-0.3, -0.25) is 9.59 Å². The highest BCUT2D eigenvalue weighted by molar-refractivity contribution is 5.96. The predicted molar refractivity (Wildman–Crippen MR) is 62.0 cm³/mol. The average molecular weight is 311 g/mol. The third-order valence-electron chi connectivity index (χ3n) is 2.45. The summed E-state index contributed by atoms with van der Waals surface area (Å²) in [6.07, 6.45) is -6.18. The lowest BCUT2D eigenvalue weighted by atomic mass is 10.1. The minimum Gasteiger partial charge on any atom is -0.481 e. The highest BCUT2D eigenvalue weighted by atomic mass is 19.4. The molecule has 0 radical (unpaired) electrons. The van der Waals surface area contributed by atoms with Gasteiger partial charge in [0.2, 0.25) is 0 Å². The molecule has 4 nitrogen and oxygen atoms in total. The number of benzene rings is 1. The zero-order valence-electron chi connectivity index (χ0n) is 10.4. The van der Waals surface area contributed by atoms with Gasteiger partial charge in [-0.15, -0.1) is 0 Å². The molecule has 0 atom stereocenters. The van der Waals surface area contributed by atoms with Crippen molar-refractivity contribution in [2.45, 2.75) is 24.9 Å². The van der Waals surface area contributed by atoms with E-state index in [0.29, 0.717) is 5.56 Å². The number of aliphatic carboxylic acids is 1. The van der Waals surface area contributed by atoms with E-state index in [1.54, 1.807) is 0 Å². The molecule has 0 fully saturated rings. The number of carboxylic acids is 1. The molecular weight excluding hydrogens is 301 g/mol. The molecule has 0 saturated carbocycles. The Morgan fingerprint density at radius 1 is 1.14 bits per heavy atom. The van der Waals surface area contributed by atoms with Crippen molar-refractivity contribution >= 4 is 17.6 Å². The molecule has 21 heavy (non-hydrogen) atoms. The molecule has 0 saturated heterocycles. The van der Waals surface area contributed by atoms with Gasteiger partial charge >= 0.3 is 24.0 Å². The van der Waals surface area contributed by atoms with E-state index in [0.717, 1.165) is 12.1 Å². The number of nitrogens with one attached hydrogen (secondary N) is 1. The number of aryl methyl sites for hydroxylation is 1. The topological polar surface area (TPSA) is 66.4 Å². The summed E-state index contributed by atoms with van der Waals surface area (Å²) >= 11 is 0. The van der Waals surface area contributed by atoms with Crippen LogP contribution in [0.1, 0.15) is 12.0 Å². The van der Waals surface area contributed by atoms with Crippen LogP contribution in [0.2, 0.25) is 0 Å². The van der Waals surface area contributed by atoms with Crippen molar-refractivity contribution in [3.63, 3.8) is 0 Å². The lowest BCUT2D eigenvalue weighted by Gasteiger charge is -2.18. The van der Waals surface area contributed by atoms with E-state index in [-0.39, 0.29) is 18.5 Å². The molecule has 0 aliphatic heterocycles. The second-order valence-corrected chi connectivity index (χ2v) is 4.12. The molecule has 2 N–H and O–H groups in total. The first kappa shape index (κ1) is 16.9. The molecule has 0 aromatic heterocycles. The number of carbonyl (C=O) groups excluding carboxylic acids is 1. The molecule has 1 aromatic carbocycles. The summed E-state index contributed by atoms with van der Waals surface area (Å²) in [5, 5.41) is 9.95. The van der Waals surface area contributed by atoms with Crippen molar-refractivity contribution in [3.8, 4) is 0 Å². The number of halogens is 5. The van der Waals surface area contributed by atoms with Crippen LogP contribution in [-0.4, -0.2) is 29.1 Å². The number of carbonyl (C=O) groups is 2. The molecule has 0 heterocycles. The number of rotatable bonds is 5. The standard InChI is InChI=1S/C12H10F5NO3/c13-11(14,12(15,16)17)10(21)18-8-3-1-2-7(6-8)4-5-9(19)20/h1-3,6H,4-5H2,(H,18,21)(H,19,20). The third kappa shape index (κ3) is 4.40. The highest BCUT2D eigenvalue weighted by Gasteiger charge is 2.63. The van der Waals surface area contributed by atoms with Gasteiger partial charge in [-0.1, -0.05) is 12.1 Å². The molecule has 0 aliphatic carbocycles. The van der Waals surface area contributed by atoms with Crippen LogP contribution in [0, 0.1) is 0 Å². The Morgan fingerprint density at radius 2 is 1.76 bits per heavy atom. The van der Waals surface area contributed by atoms with Crippen LogP contribution in [0.4, 0.5) is 27.6 Å². The lowest BCUT2D eigenvalue weighted by Crippen LogP contribution is -2.47. The van der Waals surface area contributed by atoms with Crippen LogP contribution in [0.5, 0.6) is 0 Å². The molecule has 0 spiro atoms. The van der Waals surface area contributed by atoms with Crippen LogP contribution in [0.25, 0.3) is 0 Å². The summed E-state index contributed by atoms with van der Waals surface area (Å²) in [6.45, 7) is 0. The molecule has 0 unspecified atom stereocenters. The van der Waals surface area contributed by atoms with E-state index in [4.69, 9.17) is 5.11 Å².